The lowest BCUT2D eigenvalue weighted by Gasteiger charge is -2.41. The number of unbranched alkanes of at least 4 members (excludes halogenated alkanes) is 2. The van der Waals surface area contributed by atoms with Gasteiger partial charge in [0.1, 0.15) is 11.6 Å². The van der Waals surface area contributed by atoms with Crippen LogP contribution in [-0.2, 0) is 23.9 Å². The van der Waals surface area contributed by atoms with Crippen LogP contribution in [0.25, 0.3) is 0 Å². The number of fused-ring (bicyclic) bond motifs is 1. The third kappa shape index (κ3) is 5.28. The maximum atomic E-state index is 14.4. The van der Waals surface area contributed by atoms with Crippen LogP contribution in [-0.4, -0.2) is 87.6 Å². The number of nitrogens with zero attached hydrogens (tertiary/aromatic N) is 2. The van der Waals surface area contributed by atoms with Crippen LogP contribution in [0.15, 0.2) is 25.3 Å². The van der Waals surface area contributed by atoms with Gasteiger partial charge in [0.25, 0.3) is 0 Å². The fourth-order valence-electron chi connectivity index (χ4n) is 6.94. The molecule has 6 atom stereocenters. The molecule has 206 valence electrons. The van der Waals surface area contributed by atoms with Crippen LogP contribution in [0.2, 0.25) is 0 Å². The molecule has 0 radical (unpaired) electrons. The highest BCUT2D eigenvalue weighted by Crippen LogP contribution is 2.60. The second kappa shape index (κ2) is 12.4. The van der Waals surface area contributed by atoms with Gasteiger partial charge in [0.15, 0.2) is 0 Å². The van der Waals surface area contributed by atoms with Crippen molar-refractivity contribution < 1.29 is 29.0 Å². The Labute approximate surface area is 228 Å². The van der Waals surface area contributed by atoms with E-state index in [1.807, 2.05) is 4.90 Å². The number of carbonyl (C=O) groups is 3. The number of aliphatic hydroxyl groups excluding tert-OH is 1. The molecule has 9 heteroatoms. The Morgan fingerprint density at radius 3 is 2.62 bits per heavy atom. The van der Waals surface area contributed by atoms with E-state index in [9.17, 15) is 19.5 Å². The topological polar surface area (TPSA) is 96.4 Å². The number of amides is 2. The number of alkyl halides is 1. The molecule has 3 unspecified atom stereocenters. The monoisotopic (exact) mass is 580 g/mol. The van der Waals surface area contributed by atoms with Crippen LogP contribution in [0, 0.1) is 11.8 Å². The number of hydrogen-bond donors (Lipinski definition) is 1. The fourth-order valence-corrected chi connectivity index (χ4v) is 7.88. The van der Waals surface area contributed by atoms with Crippen molar-refractivity contribution in [3.05, 3.63) is 25.3 Å². The largest absolute Gasteiger partial charge is 0.465 e. The van der Waals surface area contributed by atoms with E-state index in [0.717, 1.165) is 32.1 Å². The summed E-state index contributed by atoms with van der Waals surface area (Å²) in [5.74, 6) is -2.25. The quantitative estimate of drug-likeness (QED) is 0.155. The second-order valence-corrected chi connectivity index (χ2v) is 12.0. The van der Waals surface area contributed by atoms with Crippen molar-refractivity contribution in [1.29, 1.82) is 0 Å². The number of aliphatic hydroxyl groups is 1. The first-order chi connectivity index (χ1) is 17.9. The van der Waals surface area contributed by atoms with Crippen molar-refractivity contribution in [2.75, 3.05) is 26.3 Å². The predicted octanol–water partition coefficient (Wildman–Crippen LogP) is 3.36. The van der Waals surface area contributed by atoms with Gasteiger partial charge in [-0.3, -0.25) is 14.4 Å². The van der Waals surface area contributed by atoms with Crippen LogP contribution in [0.3, 0.4) is 0 Å². The molecule has 0 aromatic rings. The van der Waals surface area contributed by atoms with Gasteiger partial charge in [-0.1, -0.05) is 47.3 Å². The summed E-state index contributed by atoms with van der Waals surface area (Å²) in [4.78, 5) is 45.1. The van der Waals surface area contributed by atoms with Gasteiger partial charge in [-0.25, -0.2) is 0 Å². The molecule has 0 aromatic heterocycles. The first kappa shape index (κ1) is 28.3. The molecule has 4 rings (SSSR count). The van der Waals surface area contributed by atoms with Crippen LogP contribution < -0.4 is 0 Å². The van der Waals surface area contributed by atoms with E-state index >= 15 is 0 Å². The molecule has 3 aliphatic heterocycles. The molecule has 8 nitrogen and oxygen atoms in total. The SMILES string of the molecule is C=CCCOC(=O)[C@H]1[C@H]2C(=O)N(CCCCCO)C(C(=O)N(CC=C)C3CCCCC3)C23CC(Br)[C@@H]1O3. The Balaban J connectivity index is 1.67. The Hall–Kier alpha value is -1.71. The molecule has 2 amide bonds. The zero-order valence-electron chi connectivity index (χ0n) is 21.7. The van der Waals surface area contributed by atoms with Gasteiger partial charge in [0.2, 0.25) is 11.8 Å². The van der Waals surface area contributed by atoms with Crippen LogP contribution >= 0.6 is 15.9 Å². The normalized spacial score (nSPS) is 32.9. The van der Waals surface area contributed by atoms with E-state index in [1.54, 1.807) is 17.1 Å². The minimum Gasteiger partial charge on any atom is -0.465 e. The molecule has 2 bridgehead atoms. The fraction of sp³-hybridized carbons (Fsp3) is 0.750. The minimum absolute atomic E-state index is 0.0896. The Morgan fingerprint density at radius 1 is 1.19 bits per heavy atom. The lowest BCUT2D eigenvalue weighted by atomic mass is 9.70. The number of hydrogen-bond acceptors (Lipinski definition) is 6. The van der Waals surface area contributed by atoms with E-state index in [4.69, 9.17) is 9.47 Å². The highest BCUT2D eigenvalue weighted by Gasteiger charge is 2.77. The molecule has 3 heterocycles. The van der Waals surface area contributed by atoms with E-state index in [0.29, 0.717) is 38.8 Å². The number of rotatable bonds is 13. The number of halogens is 1. The van der Waals surface area contributed by atoms with Crippen molar-refractivity contribution in [3.8, 4) is 0 Å². The van der Waals surface area contributed by atoms with Gasteiger partial charge in [-0.15, -0.1) is 13.2 Å². The summed E-state index contributed by atoms with van der Waals surface area (Å²) in [5, 5.41) is 9.22. The molecule has 4 aliphatic rings. The van der Waals surface area contributed by atoms with Crippen molar-refractivity contribution in [3.63, 3.8) is 0 Å². The summed E-state index contributed by atoms with van der Waals surface area (Å²) in [6, 6.07) is -0.684. The van der Waals surface area contributed by atoms with Gasteiger partial charge in [-0.05, 0) is 44.9 Å². The van der Waals surface area contributed by atoms with Gasteiger partial charge in [0, 0.05) is 30.6 Å². The number of ether oxygens (including phenoxy) is 2. The highest BCUT2D eigenvalue weighted by atomic mass is 79.9. The standard InChI is InChI=1S/C28H41BrN2O6/c1-3-5-17-36-27(35)21-22-25(33)31(15-10-7-11-16-32)24(28(22)18-20(29)23(21)37-28)26(34)30(14-4-2)19-12-8-6-9-13-19/h3-4,19-24,32H,1-2,5-18H2/t20?,21-,22-,23-,24?,28?/m0/s1. The van der Waals surface area contributed by atoms with Gasteiger partial charge >= 0.3 is 5.97 Å². The molecule has 1 spiro atoms. The summed E-state index contributed by atoms with van der Waals surface area (Å²) in [6.07, 6.45) is 11.2. The molecule has 1 N–H and O–H groups in total. The summed E-state index contributed by atoms with van der Waals surface area (Å²) < 4.78 is 12.1. The van der Waals surface area contributed by atoms with Crippen molar-refractivity contribution in [1.82, 2.24) is 9.80 Å². The van der Waals surface area contributed by atoms with Crippen LogP contribution in [0.1, 0.15) is 64.2 Å². The lowest BCUT2D eigenvalue weighted by Crippen LogP contribution is -2.58. The molecule has 3 saturated heterocycles. The Bertz CT molecular complexity index is 877. The van der Waals surface area contributed by atoms with Crippen LogP contribution in [0.5, 0.6) is 0 Å². The molecular weight excluding hydrogens is 540 g/mol. The smallest absolute Gasteiger partial charge is 0.312 e. The first-order valence-electron chi connectivity index (χ1n) is 13.8. The van der Waals surface area contributed by atoms with E-state index in [-0.39, 0.29) is 35.9 Å². The third-order valence-electron chi connectivity index (χ3n) is 8.54. The minimum atomic E-state index is -1.07. The van der Waals surface area contributed by atoms with Crippen LogP contribution in [0.4, 0.5) is 0 Å². The zero-order valence-corrected chi connectivity index (χ0v) is 23.3. The van der Waals surface area contributed by atoms with E-state index < -0.39 is 35.6 Å². The summed E-state index contributed by atoms with van der Waals surface area (Å²) in [5.41, 5.74) is -1.07. The molecule has 1 aliphatic carbocycles. The number of likely N-dealkylation sites (tertiary alicyclic amines) is 1. The molecular formula is C28H41BrN2O6. The average Bonchev–Trinajstić information content (AvgIpc) is 3.49. The maximum absolute atomic E-state index is 14.4. The first-order valence-corrected chi connectivity index (χ1v) is 14.7. The third-order valence-corrected chi connectivity index (χ3v) is 9.39. The molecule has 4 fully saturated rings. The van der Waals surface area contributed by atoms with Crippen molar-refractivity contribution in [2.45, 2.75) is 92.8 Å². The van der Waals surface area contributed by atoms with E-state index in [1.165, 1.54) is 6.42 Å². The lowest BCUT2D eigenvalue weighted by molar-refractivity contribution is -0.155. The second-order valence-electron chi connectivity index (χ2n) is 10.8. The molecule has 37 heavy (non-hydrogen) atoms. The summed E-state index contributed by atoms with van der Waals surface area (Å²) in [7, 11) is 0. The van der Waals surface area contributed by atoms with E-state index in [2.05, 4.69) is 29.1 Å². The maximum Gasteiger partial charge on any atom is 0.312 e. The van der Waals surface area contributed by atoms with Gasteiger partial charge in [0.05, 0.1) is 24.5 Å². The predicted molar refractivity (Wildman–Crippen MR) is 143 cm³/mol. The Kier molecular flexibility index (Phi) is 9.51. The van der Waals surface area contributed by atoms with Gasteiger partial charge in [-0.2, -0.15) is 0 Å². The van der Waals surface area contributed by atoms with Crippen molar-refractivity contribution >= 4 is 33.7 Å². The number of esters is 1. The van der Waals surface area contributed by atoms with Crippen molar-refractivity contribution in [2.24, 2.45) is 11.8 Å². The molecule has 0 aromatic carbocycles. The Morgan fingerprint density at radius 2 is 1.95 bits per heavy atom. The number of carbonyl (C=O) groups excluding carboxylic acids is 3. The van der Waals surface area contributed by atoms with Gasteiger partial charge < -0.3 is 24.4 Å². The highest BCUT2D eigenvalue weighted by molar-refractivity contribution is 9.09. The molecule has 1 saturated carbocycles. The average molecular weight is 582 g/mol. The zero-order chi connectivity index (χ0) is 26.6. The summed E-state index contributed by atoms with van der Waals surface area (Å²) >= 11 is 3.70. The summed E-state index contributed by atoms with van der Waals surface area (Å²) in [6.45, 7) is 8.67.